The molecule has 2 rings (SSSR count). The number of ether oxygens (including phenoxy) is 1. The van der Waals surface area contributed by atoms with E-state index in [0.29, 0.717) is 5.57 Å². The Hall–Kier alpha value is -2.51. The third kappa shape index (κ3) is 3.78. The van der Waals surface area contributed by atoms with E-state index in [1.54, 1.807) is 19.1 Å². The molecule has 132 valence electrons. The van der Waals surface area contributed by atoms with Crippen molar-refractivity contribution in [3.8, 4) is 0 Å². The lowest BCUT2D eigenvalue weighted by Gasteiger charge is -2.31. The Morgan fingerprint density at radius 2 is 1.92 bits per heavy atom. The van der Waals surface area contributed by atoms with Gasteiger partial charge in [0.05, 0.1) is 12.0 Å². The maximum atomic E-state index is 12.2. The first-order valence-electron chi connectivity index (χ1n) is 7.33. The number of carbonyl (C=O) groups excluding carboxylic acids is 2. The SMILES string of the molecule is COC(=O)C=C(C)C=CC1(O)C(S(C)(=O)=O)=CC(=O)c2ccccc21. The Balaban J connectivity index is 2.64. The van der Waals surface area contributed by atoms with Crippen LogP contribution < -0.4 is 0 Å². The van der Waals surface area contributed by atoms with Crippen molar-refractivity contribution in [3.63, 3.8) is 0 Å². The molecule has 1 aromatic carbocycles. The molecule has 1 atom stereocenters. The smallest absolute Gasteiger partial charge is 0.330 e. The largest absolute Gasteiger partial charge is 0.466 e. The predicted molar refractivity (Wildman–Crippen MR) is 92.5 cm³/mol. The van der Waals surface area contributed by atoms with Gasteiger partial charge in [-0.15, -0.1) is 0 Å². The minimum absolute atomic E-state index is 0.171. The van der Waals surface area contributed by atoms with E-state index in [2.05, 4.69) is 4.74 Å². The van der Waals surface area contributed by atoms with Gasteiger partial charge in [0.2, 0.25) is 0 Å². The molecular weight excluding hydrogens is 344 g/mol. The van der Waals surface area contributed by atoms with Crippen molar-refractivity contribution in [1.82, 2.24) is 0 Å². The molecule has 7 heteroatoms. The van der Waals surface area contributed by atoms with E-state index < -0.39 is 32.1 Å². The van der Waals surface area contributed by atoms with Crippen LogP contribution in [0, 0.1) is 0 Å². The molecule has 0 heterocycles. The summed E-state index contributed by atoms with van der Waals surface area (Å²) in [5, 5.41) is 11.1. The zero-order valence-electron chi connectivity index (χ0n) is 14.0. The molecule has 0 bridgehead atoms. The minimum Gasteiger partial charge on any atom is -0.466 e. The monoisotopic (exact) mass is 362 g/mol. The van der Waals surface area contributed by atoms with Gasteiger partial charge in [0, 0.05) is 29.5 Å². The average Bonchev–Trinajstić information content (AvgIpc) is 2.55. The highest BCUT2D eigenvalue weighted by molar-refractivity contribution is 7.94. The standard InChI is InChI=1S/C18H18O6S/c1-12(10-17(20)24-2)8-9-18(21)14-7-5-4-6-13(14)15(19)11-16(18)25(3,22)23/h4-11,21H,1-3H3. The molecule has 0 aromatic heterocycles. The summed E-state index contributed by atoms with van der Waals surface area (Å²) in [7, 11) is -2.62. The lowest BCUT2D eigenvalue weighted by molar-refractivity contribution is -0.134. The van der Waals surface area contributed by atoms with E-state index in [9.17, 15) is 23.1 Å². The van der Waals surface area contributed by atoms with Crippen LogP contribution >= 0.6 is 0 Å². The molecule has 0 radical (unpaired) electrons. The lowest BCUT2D eigenvalue weighted by atomic mass is 9.82. The van der Waals surface area contributed by atoms with Crippen molar-refractivity contribution in [1.29, 1.82) is 0 Å². The maximum Gasteiger partial charge on any atom is 0.330 e. The number of methoxy groups -OCH3 is 1. The molecule has 0 amide bonds. The fourth-order valence-corrected chi connectivity index (χ4v) is 3.64. The number of hydrogen-bond acceptors (Lipinski definition) is 6. The molecular formula is C18H18O6S. The van der Waals surface area contributed by atoms with Gasteiger partial charge < -0.3 is 9.84 Å². The van der Waals surface area contributed by atoms with E-state index in [1.807, 2.05) is 0 Å². The minimum atomic E-state index is -3.86. The van der Waals surface area contributed by atoms with Gasteiger partial charge in [-0.2, -0.15) is 0 Å². The van der Waals surface area contributed by atoms with Crippen LogP contribution in [0.2, 0.25) is 0 Å². The molecule has 1 aromatic rings. The zero-order valence-corrected chi connectivity index (χ0v) is 14.8. The second kappa shape index (κ2) is 6.78. The summed E-state index contributed by atoms with van der Waals surface area (Å²) in [5.41, 5.74) is -1.17. The van der Waals surface area contributed by atoms with E-state index in [0.717, 1.165) is 12.3 Å². The fourth-order valence-electron chi connectivity index (χ4n) is 2.58. The van der Waals surface area contributed by atoms with Gasteiger partial charge in [-0.1, -0.05) is 30.3 Å². The number of aliphatic hydroxyl groups is 1. The average molecular weight is 362 g/mol. The lowest BCUT2D eigenvalue weighted by Crippen LogP contribution is -2.35. The maximum absolute atomic E-state index is 12.2. The van der Waals surface area contributed by atoms with Crippen LogP contribution in [0.3, 0.4) is 0 Å². The molecule has 25 heavy (non-hydrogen) atoms. The topological polar surface area (TPSA) is 97.7 Å². The molecule has 0 saturated heterocycles. The van der Waals surface area contributed by atoms with E-state index in [-0.39, 0.29) is 11.1 Å². The number of esters is 1. The normalized spacial score (nSPS) is 21.0. The summed E-state index contributed by atoms with van der Waals surface area (Å²) < 4.78 is 28.8. The fraction of sp³-hybridized carbons (Fsp3) is 0.222. The highest BCUT2D eigenvalue weighted by atomic mass is 32.2. The molecule has 0 fully saturated rings. The molecule has 0 spiro atoms. The number of rotatable bonds is 4. The van der Waals surface area contributed by atoms with Crippen LogP contribution in [-0.2, 0) is 25.0 Å². The summed E-state index contributed by atoms with van der Waals surface area (Å²) in [6.45, 7) is 1.60. The number of sulfone groups is 1. The molecule has 6 nitrogen and oxygen atoms in total. The molecule has 1 aliphatic rings. The van der Waals surface area contributed by atoms with Crippen LogP contribution in [0.5, 0.6) is 0 Å². The molecule has 0 saturated carbocycles. The Kier molecular flexibility index (Phi) is 5.10. The second-order valence-electron chi connectivity index (χ2n) is 5.70. The summed E-state index contributed by atoms with van der Waals surface area (Å²) >= 11 is 0. The Morgan fingerprint density at radius 3 is 2.52 bits per heavy atom. The van der Waals surface area contributed by atoms with Gasteiger partial charge in [0.1, 0.15) is 5.60 Å². The van der Waals surface area contributed by atoms with Gasteiger partial charge in [-0.3, -0.25) is 4.79 Å². The van der Waals surface area contributed by atoms with Crippen LogP contribution in [0.1, 0.15) is 22.8 Å². The highest BCUT2D eigenvalue weighted by Crippen LogP contribution is 2.40. The molecule has 0 aliphatic heterocycles. The van der Waals surface area contributed by atoms with Crippen molar-refractivity contribution in [2.24, 2.45) is 0 Å². The quantitative estimate of drug-likeness (QED) is 0.497. The number of ketones is 1. The van der Waals surface area contributed by atoms with Crippen LogP contribution in [-0.4, -0.2) is 38.6 Å². The summed E-state index contributed by atoms with van der Waals surface area (Å²) in [6.07, 6.45) is 5.71. The van der Waals surface area contributed by atoms with E-state index >= 15 is 0 Å². The van der Waals surface area contributed by atoms with Crippen LogP contribution in [0.4, 0.5) is 0 Å². The Labute approximate surface area is 146 Å². The highest BCUT2D eigenvalue weighted by Gasteiger charge is 2.42. The molecule has 1 aliphatic carbocycles. The third-order valence-electron chi connectivity index (χ3n) is 3.77. The second-order valence-corrected chi connectivity index (χ2v) is 7.69. The van der Waals surface area contributed by atoms with Gasteiger partial charge >= 0.3 is 5.97 Å². The number of fused-ring (bicyclic) bond motifs is 1. The first-order valence-corrected chi connectivity index (χ1v) is 9.22. The van der Waals surface area contributed by atoms with Crippen molar-refractivity contribution in [2.75, 3.05) is 13.4 Å². The Morgan fingerprint density at radius 1 is 1.28 bits per heavy atom. The van der Waals surface area contributed by atoms with Gasteiger partial charge in [0.15, 0.2) is 15.6 Å². The van der Waals surface area contributed by atoms with Gasteiger partial charge in [-0.25, -0.2) is 13.2 Å². The van der Waals surface area contributed by atoms with Gasteiger partial charge in [0.25, 0.3) is 0 Å². The number of benzene rings is 1. The van der Waals surface area contributed by atoms with Crippen molar-refractivity contribution in [2.45, 2.75) is 12.5 Å². The predicted octanol–water partition coefficient (Wildman–Crippen LogP) is 1.67. The zero-order chi connectivity index (χ0) is 18.8. The summed E-state index contributed by atoms with van der Waals surface area (Å²) in [4.78, 5) is 23.1. The first-order chi connectivity index (χ1) is 11.6. The third-order valence-corrected chi connectivity index (χ3v) is 5.00. The van der Waals surface area contributed by atoms with Crippen molar-refractivity contribution in [3.05, 3.63) is 70.2 Å². The van der Waals surface area contributed by atoms with Crippen molar-refractivity contribution >= 4 is 21.6 Å². The summed E-state index contributed by atoms with van der Waals surface area (Å²) in [5.74, 6) is -1.07. The number of hydrogen-bond donors (Lipinski definition) is 1. The van der Waals surface area contributed by atoms with Crippen LogP contribution in [0.15, 0.2) is 59.0 Å². The van der Waals surface area contributed by atoms with Crippen LogP contribution in [0.25, 0.3) is 0 Å². The number of allylic oxidation sites excluding steroid dienone is 3. The van der Waals surface area contributed by atoms with E-state index in [1.165, 1.54) is 37.5 Å². The van der Waals surface area contributed by atoms with E-state index in [4.69, 9.17) is 0 Å². The molecule has 1 N–H and O–H groups in total. The number of carbonyl (C=O) groups is 2. The summed E-state index contributed by atoms with van der Waals surface area (Å²) in [6, 6.07) is 6.24. The molecule has 1 unspecified atom stereocenters. The van der Waals surface area contributed by atoms with Gasteiger partial charge in [-0.05, 0) is 18.6 Å². The van der Waals surface area contributed by atoms with Crippen molar-refractivity contribution < 1.29 is 27.9 Å². The Bertz CT molecular complexity index is 921. The first kappa shape index (κ1) is 18.8.